The maximum Gasteiger partial charge on any atom is 0.286 e. The summed E-state index contributed by atoms with van der Waals surface area (Å²) in [4.78, 5) is 12.0. The molecule has 5 rings (SSSR count). The molecule has 0 fully saturated rings. The van der Waals surface area contributed by atoms with Gasteiger partial charge < -0.3 is 24.2 Å². The fourth-order valence-corrected chi connectivity index (χ4v) is 4.21. The first-order chi connectivity index (χ1) is 18.3. The number of furan rings is 2. The number of hydrogen-bond acceptors (Lipinski definition) is 5. The van der Waals surface area contributed by atoms with Gasteiger partial charge in [-0.2, -0.15) is 0 Å². The Kier molecular flexibility index (Phi) is 7.86. The van der Waals surface area contributed by atoms with Crippen molar-refractivity contribution in [1.82, 2.24) is 5.32 Å². The minimum Gasteiger partial charge on any atom is -0.494 e. The highest BCUT2D eigenvalue weighted by atomic mass is 16.5. The number of anilines is 1. The van der Waals surface area contributed by atoms with Gasteiger partial charge >= 0.3 is 0 Å². The van der Waals surface area contributed by atoms with Gasteiger partial charge in [0.1, 0.15) is 11.3 Å². The third-order valence-electron chi connectivity index (χ3n) is 6.21. The van der Waals surface area contributed by atoms with Gasteiger partial charge in [0.05, 0.1) is 19.1 Å². The van der Waals surface area contributed by atoms with Crippen LogP contribution in [0.15, 0.2) is 106 Å². The number of ether oxygens (including phenoxy) is 1. The zero-order valence-electron chi connectivity index (χ0n) is 20.6. The Hall–Kier alpha value is -4.45. The highest BCUT2D eigenvalue weighted by Crippen LogP contribution is 2.25. The van der Waals surface area contributed by atoms with E-state index in [0.29, 0.717) is 25.3 Å². The number of rotatable bonds is 12. The fourth-order valence-electron chi connectivity index (χ4n) is 4.21. The van der Waals surface area contributed by atoms with Crippen molar-refractivity contribution in [3.05, 3.63) is 109 Å². The Bertz CT molecular complexity index is 1410. The van der Waals surface area contributed by atoms with Crippen LogP contribution in [-0.4, -0.2) is 25.6 Å². The van der Waals surface area contributed by atoms with E-state index in [4.69, 9.17) is 13.6 Å². The summed E-state index contributed by atoms with van der Waals surface area (Å²) in [6.07, 6.45) is 5.88. The summed E-state index contributed by atoms with van der Waals surface area (Å²) in [5.74, 6) is 0.995. The summed E-state index contributed by atoms with van der Waals surface area (Å²) in [5, 5.41) is 7.42. The Morgan fingerprint density at radius 3 is 2.46 bits per heavy atom. The van der Waals surface area contributed by atoms with E-state index in [-0.39, 0.29) is 5.91 Å². The minimum atomic E-state index is -0.215. The molecule has 3 aromatic carbocycles. The smallest absolute Gasteiger partial charge is 0.286 e. The highest BCUT2D eigenvalue weighted by molar-refractivity contribution is 5.91. The molecular weight excluding hydrogens is 464 g/mol. The fraction of sp³-hybridized carbons (Fsp3) is 0.194. The maximum atomic E-state index is 12.0. The summed E-state index contributed by atoms with van der Waals surface area (Å²) < 4.78 is 16.7. The quantitative estimate of drug-likeness (QED) is 0.184. The van der Waals surface area contributed by atoms with E-state index >= 15 is 0 Å². The molecule has 1 amide bonds. The molecule has 2 heterocycles. The SMILES string of the molecule is O=C(NCCc1coc2ccc(NCCCCOc3ccc(-c4ccccc4)cc3)cc12)c1ccco1. The number of nitrogens with one attached hydrogen (secondary N) is 2. The number of carbonyl (C=O) groups is 1. The molecular formula is C31H30N2O4. The highest BCUT2D eigenvalue weighted by Gasteiger charge is 2.10. The number of fused-ring (bicyclic) bond motifs is 1. The molecule has 0 saturated carbocycles. The molecule has 0 atom stereocenters. The van der Waals surface area contributed by atoms with Crippen LogP contribution in [0.2, 0.25) is 0 Å². The number of unbranched alkanes of at least 4 members (excludes halogenated alkanes) is 1. The lowest BCUT2D eigenvalue weighted by atomic mass is 10.1. The van der Waals surface area contributed by atoms with Crippen LogP contribution in [0.1, 0.15) is 29.0 Å². The summed E-state index contributed by atoms with van der Waals surface area (Å²) in [7, 11) is 0. The van der Waals surface area contributed by atoms with E-state index in [0.717, 1.165) is 47.4 Å². The van der Waals surface area contributed by atoms with Crippen molar-refractivity contribution in [3.8, 4) is 16.9 Å². The molecule has 5 aromatic rings. The summed E-state index contributed by atoms with van der Waals surface area (Å²) in [6.45, 7) is 2.04. The second kappa shape index (κ2) is 12.0. The van der Waals surface area contributed by atoms with E-state index < -0.39 is 0 Å². The topological polar surface area (TPSA) is 76.6 Å². The van der Waals surface area contributed by atoms with Crippen molar-refractivity contribution in [1.29, 1.82) is 0 Å². The van der Waals surface area contributed by atoms with Crippen molar-refractivity contribution in [2.24, 2.45) is 0 Å². The monoisotopic (exact) mass is 494 g/mol. The standard InChI is InChI=1S/C31H30N2O4/c34-31(30-9-6-20-36-30)33-18-16-25-22-37-29-15-12-26(21-28(25)29)32-17-4-5-19-35-27-13-10-24(11-14-27)23-7-2-1-3-8-23/h1-3,6-15,20-22,32H,4-5,16-19H2,(H,33,34). The number of carbonyl (C=O) groups excluding carboxylic acids is 1. The van der Waals surface area contributed by atoms with Gasteiger partial charge in [-0.1, -0.05) is 42.5 Å². The first kappa shape index (κ1) is 24.3. The number of benzene rings is 3. The molecule has 0 aliphatic rings. The van der Waals surface area contributed by atoms with Crippen LogP contribution < -0.4 is 15.4 Å². The zero-order chi connectivity index (χ0) is 25.3. The first-order valence-corrected chi connectivity index (χ1v) is 12.6. The van der Waals surface area contributed by atoms with Crippen molar-refractivity contribution in [2.75, 3.05) is 25.0 Å². The Morgan fingerprint density at radius 2 is 1.65 bits per heavy atom. The maximum absolute atomic E-state index is 12.0. The predicted molar refractivity (Wildman–Crippen MR) is 146 cm³/mol. The Labute approximate surface area is 216 Å². The second-order valence-electron chi connectivity index (χ2n) is 8.83. The molecule has 37 heavy (non-hydrogen) atoms. The molecule has 0 radical (unpaired) electrons. The normalized spacial score (nSPS) is 10.9. The van der Waals surface area contributed by atoms with Crippen LogP contribution in [-0.2, 0) is 6.42 Å². The molecule has 0 aliphatic heterocycles. The molecule has 0 saturated heterocycles. The Balaban J connectivity index is 1.04. The van der Waals surface area contributed by atoms with E-state index in [1.165, 1.54) is 17.4 Å². The van der Waals surface area contributed by atoms with E-state index in [9.17, 15) is 4.79 Å². The van der Waals surface area contributed by atoms with Crippen LogP contribution >= 0.6 is 0 Å². The average molecular weight is 495 g/mol. The summed E-state index contributed by atoms with van der Waals surface area (Å²) in [5.41, 5.74) is 5.34. The lowest BCUT2D eigenvalue weighted by Gasteiger charge is -2.09. The van der Waals surface area contributed by atoms with Gasteiger partial charge in [0.15, 0.2) is 5.76 Å². The lowest BCUT2D eigenvalue weighted by molar-refractivity contribution is 0.0926. The molecule has 0 unspecified atom stereocenters. The van der Waals surface area contributed by atoms with Gasteiger partial charge in [0, 0.05) is 29.7 Å². The summed E-state index contributed by atoms with van der Waals surface area (Å²) in [6, 6.07) is 28.0. The van der Waals surface area contributed by atoms with Gasteiger partial charge in [0.25, 0.3) is 5.91 Å². The molecule has 0 spiro atoms. The van der Waals surface area contributed by atoms with Gasteiger partial charge in [-0.3, -0.25) is 4.79 Å². The molecule has 2 N–H and O–H groups in total. The van der Waals surface area contributed by atoms with E-state index in [1.54, 1.807) is 18.4 Å². The largest absolute Gasteiger partial charge is 0.494 e. The van der Waals surface area contributed by atoms with E-state index in [1.807, 2.05) is 42.5 Å². The molecule has 6 heteroatoms. The summed E-state index contributed by atoms with van der Waals surface area (Å²) >= 11 is 0. The second-order valence-corrected chi connectivity index (χ2v) is 8.83. The van der Waals surface area contributed by atoms with Crippen LogP contribution in [0.3, 0.4) is 0 Å². The van der Waals surface area contributed by atoms with Gasteiger partial charge in [-0.25, -0.2) is 0 Å². The molecule has 0 aliphatic carbocycles. The van der Waals surface area contributed by atoms with Gasteiger partial charge in [-0.15, -0.1) is 0 Å². The minimum absolute atomic E-state index is 0.215. The number of amides is 1. The third kappa shape index (κ3) is 6.41. The zero-order valence-corrected chi connectivity index (χ0v) is 20.6. The predicted octanol–water partition coefficient (Wildman–Crippen LogP) is 6.94. The lowest BCUT2D eigenvalue weighted by Crippen LogP contribution is -2.25. The first-order valence-electron chi connectivity index (χ1n) is 12.6. The van der Waals surface area contributed by atoms with Gasteiger partial charge in [-0.05, 0) is 72.9 Å². The van der Waals surface area contributed by atoms with E-state index in [2.05, 4.69) is 41.0 Å². The van der Waals surface area contributed by atoms with Crippen LogP contribution in [0.4, 0.5) is 5.69 Å². The Morgan fingerprint density at radius 1 is 0.811 bits per heavy atom. The van der Waals surface area contributed by atoms with Crippen molar-refractivity contribution >= 4 is 22.6 Å². The van der Waals surface area contributed by atoms with Crippen molar-refractivity contribution in [3.63, 3.8) is 0 Å². The van der Waals surface area contributed by atoms with Crippen LogP contribution in [0.25, 0.3) is 22.1 Å². The van der Waals surface area contributed by atoms with Crippen LogP contribution in [0.5, 0.6) is 5.75 Å². The van der Waals surface area contributed by atoms with Crippen molar-refractivity contribution < 1.29 is 18.4 Å². The van der Waals surface area contributed by atoms with Crippen LogP contribution in [0, 0.1) is 0 Å². The average Bonchev–Trinajstić information content (AvgIpc) is 3.62. The third-order valence-corrected chi connectivity index (χ3v) is 6.21. The van der Waals surface area contributed by atoms with Gasteiger partial charge in [0.2, 0.25) is 0 Å². The molecule has 0 bridgehead atoms. The van der Waals surface area contributed by atoms with Crippen molar-refractivity contribution in [2.45, 2.75) is 19.3 Å². The molecule has 2 aromatic heterocycles. The number of hydrogen-bond donors (Lipinski definition) is 2. The molecule has 6 nitrogen and oxygen atoms in total. The molecule has 188 valence electrons.